The summed E-state index contributed by atoms with van der Waals surface area (Å²) in [5.41, 5.74) is -0.193. The van der Waals surface area contributed by atoms with Crippen LogP contribution in [0.1, 0.15) is 31.2 Å². The Morgan fingerprint density at radius 1 is 1.33 bits per heavy atom. The van der Waals surface area contributed by atoms with Gasteiger partial charge in [-0.1, -0.05) is 12.1 Å². The minimum absolute atomic E-state index is 0.101. The molecule has 0 aliphatic heterocycles. The fourth-order valence-electron chi connectivity index (χ4n) is 2.16. The first-order valence-electron chi connectivity index (χ1n) is 6.63. The number of nitrogens with zero attached hydrogens (tertiary/aromatic N) is 1. The fraction of sp³-hybridized carbons (Fsp3) is 0.429. The number of carboxylic acids is 1. The number of hydrogen-bond acceptors (Lipinski definition) is 4. The Morgan fingerprint density at radius 2 is 1.95 bits per heavy atom. The molecule has 0 bridgehead atoms. The van der Waals surface area contributed by atoms with Gasteiger partial charge in [-0.3, -0.25) is 4.79 Å². The third kappa shape index (κ3) is 3.23. The van der Waals surface area contributed by atoms with Crippen molar-refractivity contribution in [1.82, 2.24) is 4.72 Å². The number of benzene rings is 1. The largest absolute Gasteiger partial charge is 0.481 e. The first-order valence-corrected chi connectivity index (χ1v) is 8.11. The number of rotatable bonds is 7. The summed E-state index contributed by atoms with van der Waals surface area (Å²) < 4.78 is 26.4. The molecule has 7 heteroatoms. The quantitative estimate of drug-likeness (QED) is 0.740. The van der Waals surface area contributed by atoms with Crippen molar-refractivity contribution >= 4 is 16.0 Å². The van der Waals surface area contributed by atoms with Crippen LogP contribution < -0.4 is 4.72 Å². The van der Waals surface area contributed by atoms with Crippen molar-refractivity contribution in [2.24, 2.45) is 0 Å². The molecular formula is C14H16N2O4S. The van der Waals surface area contributed by atoms with Crippen LogP contribution in [-0.2, 0) is 20.2 Å². The molecule has 0 saturated heterocycles. The maximum Gasteiger partial charge on any atom is 0.314 e. The summed E-state index contributed by atoms with van der Waals surface area (Å²) >= 11 is 0. The lowest BCUT2D eigenvalue weighted by atomic mass is 9.96. The highest BCUT2D eigenvalue weighted by atomic mass is 32.2. The van der Waals surface area contributed by atoms with Gasteiger partial charge in [0.15, 0.2) is 0 Å². The Labute approximate surface area is 123 Å². The molecule has 1 aromatic carbocycles. The molecule has 1 aliphatic carbocycles. The summed E-state index contributed by atoms with van der Waals surface area (Å²) in [7, 11) is -3.61. The minimum atomic E-state index is -3.61. The van der Waals surface area contributed by atoms with Gasteiger partial charge in [0.05, 0.1) is 16.4 Å². The van der Waals surface area contributed by atoms with Crippen molar-refractivity contribution in [2.45, 2.75) is 36.0 Å². The molecule has 112 valence electrons. The molecule has 0 atom stereocenters. The number of sulfonamides is 1. The van der Waals surface area contributed by atoms with E-state index in [1.165, 1.54) is 12.1 Å². The summed E-state index contributed by atoms with van der Waals surface area (Å²) in [6.45, 7) is 0.205. The van der Waals surface area contributed by atoms with Gasteiger partial charge in [-0.2, -0.15) is 5.26 Å². The fourth-order valence-corrected chi connectivity index (χ4v) is 3.24. The molecule has 0 amide bonds. The molecule has 0 aromatic heterocycles. The number of aliphatic carboxylic acids is 1. The molecule has 0 spiro atoms. The standard InChI is InChI=1S/C14H16N2O4S/c15-9-1-2-10-16-21(19,20)12-5-3-11(4-6-12)14(7-8-14)13(17)18/h3-6,16H,1-2,7-8,10H2,(H,17,18). The average molecular weight is 308 g/mol. The summed E-state index contributed by atoms with van der Waals surface area (Å²) in [5.74, 6) is -0.868. The number of carbonyl (C=O) groups is 1. The SMILES string of the molecule is N#CCCCNS(=O)(=O)c1ccc(C2(C(=O)O)CC2)cc1. The highest BCUT2D eigenvalue weighted by Crippen LogP contribution is 2.48. The molecule has 2 N–H and O–H groups in total. The third-order valence-corrected chi connectivity index (χ3v) is 5.11. The average Bonchev–Trinajstić information content (AvgIpc) is 3.25. The van der Waals surface area contributed by atoms with E-state index in [1.807, 2.05) is 6.07 Å². The second-order valence-electron chi connectivity index (χ2n) is 5.07. The predicted molar refractivity (Wildman–Crippen MR) is 75.0 cm³/mol. The Kier molecular flexibility index (Phi) is 4.30. The minimum Gasteiger partial charge on any atom is -0.481 e. The summed E-state index contributed by atoms with van der Waals surface area (Å²) in [6.07, 6.45) is 1.92. The van der Waals surface area contributed by atoms with E-state index in [1.54, 1.807) is 12.1 Å². The van der Waals surface area contributed by atoms with E-state index in [0.29, 0.717) is 31.2 Å². The molecular weight excluding hydrogens is 292 g/mol. The van der Waals surface area contributed by atoms with Crippen molar-refractivity contribution in [1.29, 1.82) is 5.26 Å². The maximum absolute atomic E-state index is 12.0. The lowest BCUT2D eigenvalue weighted by Crippen LogP contribution is -2.25. The van der Waals surface area contributed by atoms with Crippen molar-refractivity contribution in [2.75, 3.05) is 6.54 Å². The molecule has 1 aromatic rings. The Bertz CT molecular complexity index is 670. The number of hydrogen-bond donors (Lipinski definition) is 2. The predicted octanol–water partition coefficient (Wildman–Crippen LogP) is 1.38. The van der Waals surface area contributed by atoms with Gasteiger partial charge in [-0.05, 0) is 37.0 Å². The number of nitriles is 1. The zero-order valence-electron chi connectivity index (χ0n) is 11.4. The molecule has 1 saturated carbocycles. The molecule has 6 nitrogen and oxygen atoms in total. The van der Waals surface area contributed by atoms with Gasteiger partial charge in [-0.15, -0.1) is 0 Å². The van der Waals surface area contributed by atoms with Gasteiger partial charge in [-0.25, -0.2) is 13.1 Å². The van der Waals surface area contributed by atoms with E-state index in [9.17, 15) is 18.3 Å². The van der Waals surface area contributed by atoms with Crippen LogP contribution in [0.2, 0.25) is 0 Å². The first kappa shape index (κ1) is 15.5. The maximum atomic E-state index is 12.0. The van der Waals surface area contributed by atoms with E-state index >= 15 is 0 Å². The van der Waals surface area contributed by atoms with E-state index in [4.69, 9.17) is 5.26 Å². The molecule has 2 rings (SSSR count). The van der Waals surface area contributed by atoms with Crippen LogP contribution in [0.15, 0.2) is 29.2 Å². The van der Waals surface area contributed by atoms with Crippen molar-refractivity contribution < 1.29 is 18.3 Å². The van der Waals surface area contributed by atoms with E-state index in [0.717, 1.165) is 0 Å². The summed E-state index contributed by atoms with van der Waals surface area (Å²) in [5, 5.41) is 17.6. The topological polar surface area (TPSA) is 107 Å². The third-order valence-electron chi connectivity index (χ3n) is 3.63. The first-order chi connectivity index (χ1) is 9.92. The smallest absolute Gasteiger partial charge is 0.314 e. The number of nitrogens with one attached hydrogen (secondary N) is 1. The Hall–Kier alpha value is -1.91. The van der Waals surface area contributed by atoms with Gasteiger partial charge in [0, 0.05) is 13.0 Å². The van der Waals surface area contributed by atoms with Crippen LogP contribution in [0.25, 0.3) is 0 Å². The number of unbranched alkanes of at least 4 members (excludes halogenated alkanes) is 1. The van der Waals surface area contributed by atoms with E-state index < -0.39 is 21.4 Å². The molecule has 1 fully saturated rings. The Morgan fingerprint density at radius 3 is 2.43 bits per heavy atom. The van der Waals surface area contributed by atoms with Gasteiger partial charge in [0.25, 0.3) is 0 Å². The van der Waals surface area contributed by atoms with Crippen molar-refractivity contribution in [3.63, 3.8) is 0 Å². The van der Waals surface area contributed by atoms with Gasteiger partial charge in [0.1, 0.15) is 0 Å². The van der Waals surface area contributed by atoms with Crippen LogP contribution in [-0.4, -0.2) is 26.0 Å². The van der Waals surface area contributed by atoms with Crippen LogP contribution in [0, 0.1) is 11.3 Å². The molecule has 0 radical (unpaired) electrons. The van der Waals surface area contributed by atoms with Crippen molar-refractivity contribution in [3.8, 4) is 6.07 Å². The molecule has 0 heterocycles. The lowest BCUT2D eigenvalue weighted by molar-refractivity contribution is -0.140. The normalized spacial score (nSPS) is 16.1. The molecule has 1 aliphatic rings. The second-order valence-corrected chi connectivity index (χ2v) is 6.84. The van der Waals surface area contributed by atoms with Crippen molar-refractivity contribution in [3.05, 3.63) is 29.8 Å². The highest BCUT2D eigenvalue weighted by molar-refractivity contribution is 7.89. The van der Waals surface area contributed by atoms with Gasteiger partial charge >= 0.3 is 5.97 Å². The van der Waals surface area contributed by atoms with Crippen LogP contribution in [0.5, 0.6) is 0 Å². The second kappa shape index (κ2) is 5.84. The zero-order valence-corrected chi connectivity index (χ0v) is 12.2. The zero-order chi connectivity index (χ0) is 15.5. The van der Waals surface area contributed by atoms with Gasteiger partial charge < -0.3 is 5.11 Å². The molecule has 21 heavy (non-hydrogen) atoms. The van der Waals surface area contributed by atoms with E-state index in [2.05, 4.69) is 4.72 Å². The molecule has 0 unspecified atom stereocenters. The van der Waals surface area contributed by atoms with Gasteiger partial charge in [0.2, 0.25) is 10.0 Å². The lowest BCUT2D eigenvalue weighted by Gasteiger charge is -2.11. The Balaban J connectivity index is 2.09. The van der Waals surface area contributed by atoms with Crippen LogP contribution >= 0.6 is 0 Å². The van der Waals surface area contributed by atoms with Crippen LogP contribution in [0.3, 0.4) is 0 Å². The van der Waals surface area contributed by atoms with Crippen LogP contribution in [0.4, 0.5) is 0 Å². The summed E-state index contributed by atoms with van der Waals surface area (Å²) in [4.78, 5) is 11.3. The van der Waals surface area contributed by atoms with E-state index in [-0.39, 0.29) is 11.4 Å². The monoisotopic (exact) mass is 308 g/mol. The summed E-state index contributed by atoms with van der Waals surface area (Å²) in [6, 6.07) is 7.91. The highest BCUT2D eigenvalue weighted by Gasteiger charge is 2.51. The number of carboxylic acid groups (broad SMARTS) is 1.